The Kier molecular flexibility index (Phi) is 5.95. The third kappa shape index (κ3) is 3.92. The summed E-state index contributed by atoms with van der Waals surface area (Å²) in [4.78, 5) is 16.3. The second-order valence-corrected chi connectivity index (χ2v) is 7.13. The number of carbonyl (C=O) groups is 1. The van der Waals surface area contributed by atoms with Crippen molar-refractivity contribution >= 4 is 11.7 Å². The van der Waals surface area contributed by atoms with Gasteiger partial charge in [-0.3, -0.25) is 9.79 Å². The second-order valence-electron chi connectivity index (χ2n) is 7.13. The van der Waals surface area contributed by atoms with Crippen LogP contribution in [-0.4, -0.2) is 31.5 Å². The summed E-state index contributed by atoms with van der Waals surface area (Å²) < 4.78 is 115. The van der Waals surface area contributed by atoms with Crippen molar-refractivity contribution in [2.45, 2.75) is 17.8 Å². The minimum Gasteiger partial charge on any atom is -0.468 e. The first kappa shape index (κ1) is 24.2. The highest BCUT2D eigenvalue weighted by Crippen LogP contribution is 2.52. The predicted octanol–water partition coefficient (Wildman–Crippen LogP) is 4.95. The van der Waals surface area contributed by atoms with Crippen molar-refractivity contribution in [1.29, 1.82) is 5.26 Å². The van der Waals surface area contributed by atoms with Gasteiger partial charge in [0.05, 0.1) is 30.5 Å². The molecule has 1 aliphatic heterocycles. The van der Waals surface area contributed by atoms with E-state index < -0.39 is 70.2 Å². The highest BCUT2D eigenvalue weighted by Gasteiger charge is 2.67. The van der Waals surface area contributed by atoms with Gasteiger partial charge in [0.15, 0.2) is 0 Å². The molecular weight excluding hydrogens is 464 g/mol. The number of aliphatic imine (C=N–C) groups is 1. The molecule has 0 fully saturated rings. The molecule has 174 valence electrons. The lowest BCUT2D eigenvalue weighted by molar-refractivity contribution is -0.201. The maximum atomic E-state index is 14.5. The van der Waals surface area contributed by atoms with E-state index in [1.165, 1.54) is 6.07 Å². The summed E-state index contributed by atoms with van der Waals surface area (Å²) in [5.74, 6) is -6.57. The molecule has 0 N–H and O–H groups in total. The third-order valence-electron chi connectivity index (χ3n) is 5.38. The first-order valence-corrected chi connectivity index (χ1v) is 9.04. The molecule has 0 amide bonds. The molecule has 0 aromatic heterocycles. The number of hydrogen-bond acceptors (Lipinski definition) is 4. The lowest BCUT2D eigenvalue weighted by atomic mass is 9.68. The van der Waals surface area contributed by atoms with Crippen molar-refractivity contribution in [3.05, 3.63) is 70.3 Å². The fourth-order valence-electron chi connectivity index (χ4n) is 3.78. The normalized spacial score (nSPS) is 20.8. The average Bonchev–Trinajstić information content (AvgIpc) is 3.14. The summed E-state index contributed by atoms with van der Waals surface area (Å²) in [6, 6.07) is 4.82. The number of methoxy groups -OCH3 is 1. The quantitative estimate of drug-likeness (QED) is 0.466. The number of halogens is 8. The molecule has 2 unspecified atom stereocenters. The van der Waals surface area contributed by atoms with Crippen LogP contribution in [0.3, 0.4) is 0 Å². The number of benzene rings is 2. The smallest absolute Gasteiger partial charge is 0.419 e. The van der Waals surface area contributed by atoms with E-state index in [2.05, 4.69) is 9.73 Å². The molecule has 0 saturated heterocycles. The van der Waals surface area contributed by atoms with Crippen molar-refractivity contribution in [3.63, 3.8) is 0 Å². The first-order valence-electron chi connectivity index (χ1n) is 9.04. The minimum absolute atomic E-state index is 0.0113. The van der Waals surface area contributed by atoms with Gasteiger partial charge in [0.1, 0.15) is 29.0 Å². The van der Waals surface area contributed by atoms with E-state index in [-0.39, 0.29) is 17.7 Å². The number of ether oxygens (including phenoxy) is 1. The van der Waals surface area contributed by atoms with Crippen LogP contribution in [0.25, 0.3) is 0 Å². The summed E-state index contributed by atoms with van der Waals surface area (Å²) in [6.45, 7) is -1.23. The number of alkyl halides is 6. The van der Waals surface area contributed by atoms with Gasteiger partial charge in [-0.2, -0.15) is 31.6 Å². The Morgan fingerprint density at radius 1 is 1.09 bits per heavy atom. The molecule has 0 spiro atoms. The van der Waals surface area contributed by atoms with Gasteiger partial charge in [0.25, 0.3) is 0 Å². The largest absolute Gasteiger partial charge is 0.468 e. The van der Waals surface area contributed by atoms with Gasteiger partial charge >= 0.3 is 18.3 Å². The number of rotatable bonds is 3. The summed E-state index contributed by atoms with van der Waals surface area (Å²) >= 11 is 0. The zero-order valence-corrected chi connectivity index (χ0v) is 16.5. The Balaban J connectivity index is 2.29. The molecule has 33 heavy (non-hydrogen) atoms. The maximum absolute atomic E-state index is 14.5. The fourth-order valence-corrected chi connectivity index (χ4v) is 3.78. The van der Waals surface area contributed by atoms with Crippen LogP contribution in [0.5, 0.6) is 0 Å². The van der Waals surface area contributed by atoms with E-state index in [1.54, 1.807) is 0 Å². The summed E-state index contributed by atoms with van der Waals surface area (Å²) in [6.07, 6.45) is -10.7. The van der Waals surface area contributed by atoms with Gasteiger partial charge in [0, 0.05) is 0 Å². The van der Waals surface area contributed by atoms with E-state index in [4.69, 9.17) is 5.26 Å². The maximum Gasteiger partial charge on any atom is 0.419 e. The summed E-state index contributed by atoms with van der Waals surface area (Å²) in [5, 5.41) is 9.01. The Hall–Kier alpha value is -3.49. The summed E-state index contributed by atoms with van der Waals surface area (Å²) in [7, 11) is 0.774. The molecule has 3 rings (SSSR count). The monoisotopic (exact) mass is 476 g/mol. The zero-order valence-electron chi connectivity index (χ0n) is 16.5. The average molecular weight is 476 g/mol. The molecule has 0 radical (unpaired) electrons. The van der Waals surface area contributed by atoms with Crippen molar-refractivity contribution in [3.8, 4) is 6.07 Å². The van der Waals surface area contributed by atoms with Gasteiger partial charge in [0.2, 0.25) is 0 Å². The Morgan fingerprint density at radius 3 is 2.27 bits per heavy atom. The molecule has 0 aliphatic carbocycles. The summed E-state index contributed by atoms with van der Waals surface area (Å²) in [5.41, 5.74) is -7.69. The minimum atomic E-state index is -5.35. The van der Waals surface area contributed by atoms with Crippen LogP contribution >= 0.6 is 0 Å². The highest BCUT2D eigenvalue weighted by molar-refractivity contribution is 6.14. The van der Waals surface area contributed by atoms with Crippen LogP contribution in [0.15, 0.2) is 41.4 Å². The zero-order chi connectivity index (χ0) is 24.8. The van der Waals surface area contributed by atoms with Crippen LogP contribution in [0.1, 0.15) is 22.3 Å². The molecule has 0 saturated carbocycles. The number of esters is 1. The number of nitriles is 1. The van der Waals surface area contributed by atoms with Crippen LogP contribution < -0.4 is 0 Å². The van der Waals surface area contributed by atoms with Crippen molar-refractivity contribution in [1.82, 2.24) is 0 Å². The lowest BCUT2D eigenvalue weighted by Gasteiger charge is -2.36. The van der Waals surface area contributed by atoms with Gasteiger partial charge in [-0.15, -0.1) is 0 Å². The van der Waals surface area contributed by atoms with E-state index in [0.29, 0.717) is 6.07 Å². The molecule has 2 aromatic rings. The van der Waals surface area contributed by atoms with Crippen LogP contribution in [-0.2, 0) is 21.1 Å². The SMILES string of the molecule is COC(=O)C1C(c2ccc(F)c(C#N)c2)=NCC1(c1ccc(F)c(C(F)(F)F)c1)C(F)(F)F. The second kappa shape index (κ2) is 8.13. The van der Waals surface area contributed by atoms with E-state index in [0.717, 1.165) is 25.3 Å². The van der Waals surface area contributed by atoms with Gasteiger partial charge in [-0.25, -0.2) is 8.78 Å². The fraction of sp³-hybridized carbons (Fsp3) is 0.286. The predicted molar refractivity (Wildman–Crippen MR) is 97.2 cm³/mol. The molecule has 2 aromatic carbocycles. The van der Waals surface area contributed by atoms with Crippen molar-refractivity contribution in [2.75, 3.05) is 13.7 Å². The molecule has 2 atom stereocenters. The van der Waals surface area contributed by atoms with Crippen LogP contribution in [0.4, 0.5) is 35.1 Å². The Labute approximate surface area is 181 Å². The topological polar surface area (TPSA) is 62.5 Å². The highest BCUT2D eigenvalue weighted by atomic mass is 19.4. The van der Waals surface area contributed by atoms with E-state index >= 15 is 0 Å². The van der Waals surface area contributed by atoms with Crippen LogP contribution in [0.2, 0.25) is 0 Å². The number of hydrogen-bond donors (Lipinski definition) is 0. The molecule has 4 nitrogen and oxygen atoms in total. The molecular formula is C21H12F8N2O2. The lowest BCUT2D eigenvalue weighted by Crippen LogP contribution is -2.53. The van der Waals surface area contributed by atoms with E-state index in [9.17, 15) is 39.9 Å². The molecule has 1 aliphatic rings. The molecule has 1 heterocycles. The van der Waals surface area contributed by atoms with Gasteiger partial charge < -0.3 is 4.74 Å². The Morgan fingerprint density at radius 2 is 1.73 bits per heavy atom. The number of carbonyl (C=O) groups excluding carboxylic acids is 1. The third-order valence-corrected chi connectivity index (χ3v) is 5.38. The van der Waals surface area contributed by atoms with Crippen molar-refractivity contribution in [2.24, 2.45) is 10.9 Å². The van der Waals surface area contributed by atoms with Gasteiger partial charge in [-0.05, 0) is 35.4 Å². The first-order chi connectivity index (χ1) is 15.3. The number of nitrogens with zero attached hydrogens (tertiary/aromatic N) is 2. The molecule has 12 heteroatoms. The van der Waals surface area contributed by atoms with Gasteiger partial charge in [-0.1, -0.05) is 12.1 Å². The van der Waals surface area contributed by atoms with E-state index in [1.807, 2.05) is 0 Å². The van der Waals surface area contributed by atoms with Crippen LogP contribution in [0, 0.1) is 28.9 Å². The molecule has 0 bridgehead atoms. The Bertz CT molecular complexity index is 1180. The van der Waals surface area contributed by atoms with Crippen molar-refractivity contribution < 1.29 is 44.7 Å². The standard InChI is InChI=1S/C21H12F8N2O2/c1-33-18(32)16-17(10-2-4-14(22)11(6-10)8-30)31-9-19(16,21(27,28)29)12-3-5-15(23)13(7-12)20(24,25)26/h2-7,16H,9H2,1H3.